The molecule has 23 heavy (non-hydrogen) atoms. The number of rotatable bonds is 2. The van der Waals surface area contributed by atoms with Crippen LogP contribution in [-0.4, -0.2) is 52.9 Å². The summed E-state index contributed by atoms with van der Waals surface area (Å²) in [5.41, 5.74) is 0. The minimum Gasteiger partial charge on any atom is -0.382 e. The SMILES string of the molecule is C1CCOCC1.C1CCOCC1.C1CCOCC1.CCOCC. The summed E-state index contributed by atoms with van der Waals surface area (Å²) in [5.74, 6) is 0. The Morgan fingerprint density at radius 1 is 0.478 bits per heavy atom. The van der Waals surface area contributed by atoms with E-state index >= 15 is 0 Å². The third kappa shape index (κ3) is 21.8. The van der Waals surface area contributed by atoms with E-state index in [0.717, 1.165) is 52.9 Å². The van der Waals surface area contributed by atoms with Gasteiger partial charge in [-0.25, -0.2) is 0 Å². The van der Waals surface area contributed by atoms with E-state index in [9.17, 15) is 0 Å². The van der Waals surface area contributed by atoms with Crippen molar-refractivity contribution in [1.82, 2.24) is 0 Å². The second-order valence-corrected chi connectivity index (χ2v) is 5.80. The Hall–Kier alpha value is -0.160. The molecule has 3 aliphatic rings. The second-order valence-electron chi connectivity index (χ2n) is 5.80. The monoisotopic (exact) mass is 332 g/mol. The van der Waals surface area contributed by atoms with Gasteiger partial charge in [-0.1, -0.05) is 0 Å². The van der Waals surface area contributed by atoms with Gasteiger partial charge in [0, 0.05) is 52.9 Å². The maximum Gasteiger partial charge on any atom is 0.0466 e. The summed E-state index contributed by atoms with van der Waals surface area (Å²) < 4.78 is 20.0. The van der Waals surface area contributed by atoms with E-state index in [1.165, 1.54) is 57.8 Å². The van der Waals surface area contributed by atoms with Crippen LogP contribution in [0.15, 0.2) is 0 Å². The van der Waals surface area contributed by atoms with Crippen LogP contribution in [0.5, 0.6) is 0 Å². The lowest BCUT2D eigenvalue weighted by molar-refractivity contribution is 0.0967. The molecule has 3 fully saturated rings. The Bertz CT molecular complexity index is 123. The Kier molecular flexibility index (Phi) is 21.7. The largest absolute Gasteiger partial charge is 0.382 e. The quantitative estimate of drug-likeness (QED) is 0.740. The predicted octanol–water partition coefficient (Wildman–Crippen LogP) is 4.60. The molecule has 0 atom stereocenters. The fraction of sp³-hybridized carbons (Fsp3) is 1.00. The van der Waals surface area contributed by atoms with Gasteiger partial charge in [-0.2, -0.15) is 0 Å². The minimum atomic E-state index is 0.844. The van der Waals surface area contributed by atoms with Gasteiger partial charge in [-0.05, 0) is 71.6 Å². The van der Waals surface area contributed by atoms with E-state index in [-0.39, 0.29) is 0 Å². The minimum absolute atomic E-state index is 0.844. The first-order valence-corrected chi connectivity index (χ1v) is 9.72. The molecule has 0 N–H and O–H groups in total. The summed E-state index contributed by atoms with van der Waals surface area (Å²) in [4.78, 5) is 0. The summed E-state index contributed by atoms with van der Waals surface area (Å²) in [6.45, 7) is 11.7. The highest BCUT2D eigenvalue weighted by Crippen LogP contribution is 2.03. The molecule has 0 bridgehead atoms. The zero-order valence-electron chi connectivity index (χ0n) is 15.7. The van der Waals surface area contributed by atoms with Gasteiger partial charge in [-0.3, -0.25) is 0 Å². The van der Waals surface area contributed by atoms with Gasteiger partial charge < -0.3 is 18.9 Å². The van der Waals surface area contributed by atoms with Gasteiger partial charge in [-0.15, -0.1) is 0 Å². The molecule has 0 radical (unpaired) electrons. The summed E-state index contributed by atoms with van der Waals surface area (Å²) in [6, 6.07) is 0. The molecular formula is C19H40O4. The summed E-state index contributed by atoms with van der Waals surface area (Å²) in [7, 11) is 0. The molecule has 3 rings (SSSR count). The standard InChI is InChI=1S/3C5H10O.C4H10O/c3*1-2-4-6-5-3-1;1-3-5-4-2/h3*1-5H2;3-4H2,1-2H3. The lowest BCUT2D eigenvalue weighted by atomic mass is 10.2. The van der Waals surface area contributed by atoms with Crippen LogP contribution in [0.1, 0.15) is 71.6 Å². The molecule has 3 aliphatic heterocycles. The van der Waals surface area contributed by atoms with Gasteiger partial charge in [0.1, 0.15) is 0 Å². The lowest BCUT2D eigenvalue weighted by Gasteiger charge is -2.08. The van der Waals surface area contributed by atoms with E-state index in [2.05, 4.69) is 0 Å². The number of ether oxygens (including phenoxy) is 4. The first-order valence-electron chi connectivity index (χ1n) is 9.72. The molecule has 0 amide bonds. The van der Waals surface area contributed by atoms with Crippen molar-refractivity contribution < 1.29 is 18.9 Å². The fourth-order valence-electron chi connectivity index (χ4n) is 2.27. The van der Waals surface area contributed by atoms with Crippen LogP contribution >= 0.6 is 0 Å². The van der Waals surface area contributed by atoms with Crippen molar-refractivity contribution in [3.8, 4) is 0 Å². The van der Waals surface area contributed by atoms with Crippen LogP contribution in [0.4, 0.5) is 0 Å². The molecule has 0 aromatic rings. The van der Waals surface area contributed by atoms with Crippen LogP contribution < -0.4 is 0 Å². The molecule has 0 unspecified atom stereocenters. The Morgan fingerprint density at radius 2 is 0.739 bits per heavy atom. The first kappa shape index (κ1) is 22.8. The molecule has 0 spiro atoms. The molecule has 3 heterocycles. The zero-order chi connectivity index (χ0) is 16.8. The van der Waals surface area contributed by atoms with Gasteiger partial charge in [0.15, 0.2) is 0 Å². The van der Waals surface area contributed by atoms with E-state index < -0.39 is 0 Å². The lowest BCUT2D eigenvalue weighted by Crippen LogP contribution is -2.03. The Morgan fingerprint density at radius 3 is 0.783 bits per heavy atom. The molecule has 3 saturated heterocycles. The summed E-state index contributed by atoms with van der Waals surface area (Å²) in [6.07, 6.45) is 11.8. The average Bonchev–Trinajstić information content (AvgIpc) is 2.68. The van der Waals surface area contributed by atoms with Crippen LogP contribution in [0, 0.1) is 0 Å². The summed E-state index contributed by atoms with van der Waals surface area (Å²) >= 11 is 0. The maximum atomic E-state index is 5.07. The number of hydrogen-bond acceptors (Lipinski definition) is 4. The van der Waals surface area contributed by atoms with Crippen molar-refractivity contribution in [2.75, 3.05) is 52.9 Å². The van der Waals surface area contributed by atoms with Gasteiger partial charge >= 0.3 is 0 Å². The molecular weight excluding hydrogens is 292 g/mol. The van der Waals surface area contributed by atoms with Crippen molar-refractivity contribution in [2.45, 2.75) is 71.6 Å². The van der Waals surface area contributed by atoms with Gasteiger partial charge in [0.2, 0.25) is 0 Å². The summed E-state index contributed by atoms with van der Waals surface area (Å²) in [5, 5.41) is 0. The number of hydrogen-bond donors (Lipinski definition) is 0. The van der Waals surface area contributed by atoms with E-state index in [1.807, 2.05) is 13.8 Å². The van der Waals surface area contributed by atoms with Crippen LogP contribution in [0.2, 0.25) is 0 Å². The molecule has 0 aliphatic carbocycles. The fourth-order valence-corrected chi connectivity index (χ4v) is 2.27. The van der Waals surface area contributed by atoms with Crippen molar-refractivity contribution in [1.29, 1.82) is 0 Å². The third-order valence-corrected chi connectivity index (χ3v) is 3.64. The molecule has 0 aromatic carbocycles. The van der Waals surface area contributed by atoms with Gasteiger partial charge in [0.05, 0.1) is 0 Å². The maximum absolute atomic E-state index is 5.07. The average molecular weight is 333 g/mol. The van der Waals surface area contributed by atoms with Crippen molar-refractivity contribution in [2.24, 2.45) is 0 Å². The third-order valence-electron chi connectivity index (χ3n) is 3.64. The molecule has 4 heteroatoms. The van der Waals surface area contributed by atoms with Gasteiger partial charge in [0.25, 0.3) is 0 Å². The zero-order valence-corrected chi connectivity index (χ0v) is 15.7. The predicted molar refractivity (Wildman–Crippen MR) is 96.2 cm³/mol. The van der Waals surface area contributed by atoms with Crippen molar-refractivity contribution in [3.63, 3.8) is 0 Å². The highest BCUT2D eigenvalue weighted by Gasteiger charge is 1.96. The Labute approximate surface area is 144 Å². The normalized spacial score (nSPS) is 20.6. The first-order chi connectivity index (χ1) is 11.4. The van der Waals surface area contributed by atoms with Crippen LogP contribution in [-0.2, 0) is 18.9 Å². The second kappa shape index (κ2) is 21.8. The van der Waals surface area contributed by atoms with Crippen molar-refractivity contribution in [3.05, 3.63) is 0 Å². The van der Waals surface area contributed by atoms with E-state index in [0.29, 0.717) is 0 Å². The smallest absolute Gasteiger partial charge is 0.0466 e. The topological polar surface area (TPSA) is 36.9 Å². The molecule has 4 nitrogen and oxygen atoms in total. The molecule has 140 valence electrons. The highest BCUT2D eigenvalue weighted by atomic mass is 16.5. The Balaban J connectivity index is 0.000000282. The van der Waals surface area contributed by atoms with Crippen LogP contribution in [0.3, 0.4) is 0 Å². The van der Waals surface area contributed by atoms with E-state index in [4.69, 9.17) is 18.9 Å². The molecule has 0 saturated carbocycles. The van der Waals surface area contributed by atoms with E-state index in [1.54, 1.807) is 0 Å². The van der Waals surface area contributed by atoms with Crippen LogP contribution in [0.25, 0.3) is 0 Å². The molecule has 0 aromatic heterocycles. The van der Waals surface area contributed by atoms with Crippen molar-refractivity contribution >= 4 is 0 Å². The highest BCUT2D eigenvalue weighted by molar-refractivity contribution is 4.46.